The van der Waals surface area contributed by atoms with Crippen LogP contribution in [0.15, 0.2) is 65.0 Å². The van der Waals surface area contributed by atoms with Crippen LogP contribution in [0, 0.1) is 0 Å². The van der Waals surface area contributed by atoms with E-state index in [4.69, 9.17) is 26.2 Å². The molecule has 1 atom stereocenters. The van der Waals surface area contributed by atoms with Crippen LogP contribution in [-0.4, -0.2) is 34.5 Å². The Morgan fingerprint density at radius 2 is 2.06 bits per heavy atom. The minimum absolute atomic E-state index is 0.363. The van der Waals surface area contributed by atoms with Gasteiger partial charge >= 0.3 is 5.97 Å². The summed E-state index contributed by atoms with van der Waals surface area (Å²) in [5, 5.41) is 9.29. The molecule has 1 unspecified atom stereocenters. The monoisotopic (exact) mass is 498 g/mol. The highest BCUT2D eigenvalue weighted by atomic mass is 35.5. The molecular weight excluding hydrogens is 472 g/mol. The second-order valence-corrected chi connectivity index (χ2v) is 9.22. The van der Waals surface area contributed by atoms with E-state index in [1.54, 1.807) is 11.8 Å². The van der Waals surface area contributed by atoms with Gasteiger partial charge in [-0.2, -0.15) is 4.98 Å². The van der Waals surface area contributed by atoms with E-state index in [9.17, 15) is 4.79 Å². The summed E-state index contributed by atoms with van der Waals surface area (Å²) in [5.41, 5.74) is 3.06. The Hall–Kier alpha value is -2.97. The lowest BCUT2D eigenvalue weighted by molar-refractivity contribution is -0.139. The summed E-state index contributed by atoms with van der Waals surface area (Å²) >= 11 is 7.79. The number of carbonyl (C=O) groups excluding carboxylic acids is 1. The fraction of sp³-hybridized carbons (Fsp3) is 0.320. The molecule has 0 saturated carbocycles. The SMILES string of the molecule is CCCCOC(=O)C1=C(C)Nc2nc(SCc3ccccc3Cl)nn2C1c1cccc(OC)c1. The van der Waals surface area contributed by atoms with Crippen LogP contribution in [0.4, 0.5) is 5.95 Å². The van der Waals surface area contributed by atoms with Crippen LogP contribution >= 0.6 is 23.4 Å². The molecular formula is C25H27ClN4O3S. The summed E-state index contributed by atoms with van der Waals surface area (Å²) in [4.78, 5) is 17.8. The van der Waals surface area contributed by atoms with Crippen molar-refractivity contribution in [2.24, 2.45) is 0 Å². The average molecular weight is 499 g/mol. The van der Waals surface area contributed by atoms with Crippen molar-refractivity contribution in [3.63, 3.8) is 0 Å². The number of nitrogens with zero attached hydrogens (tertiary/aromatic N) is 3. The molecule has 1 aromatic heterocycles. The van der Waals surface area contributed by atoms with Crippen molar-refractivity contribution in [2.75, 3.05) is 19.0 Å². The maximum atomic E-state index is 13.2. The lowest BCUT2D eigenvalue weighted by Gasteiger charge is -2.28. The Morgan fingerprint density at radius 1 is 1.24 bits per heavy atom. The number of nitrogens with one attached hydrogen (secondary N) is 1. The second kappa shape index (κ2) is 11.0. The number of halogens is 1. The lowest BCUT2D eigenvalue weighted by Crippen LogP contribution is -2.29. The molecule has 0 amide bonds. The maximum Gasteiger partial charge on any atom is 0.338 e. The Kier molecular flexibility index (Phi) is 7.80. The third kappa shape index (κ3) is 5.23. The van der Waals surface area contributed by atoms with Crippen molar-refractivity contribution in [1.82, 2.24) is 14.8 Å². The number of hydrogen-bond donors (Lipinski definition) is 1. The highest BCUT2D eigenvalue weighted by molar-refractivity contribution is 7.98. The molecule has 7 nitrogen and oxygen atoms in total. The molecule has 0 aliphatic carbocycles. The Morgan fingerprint density at radius 3 is 2.82 bits per heavy atom. The molecule has 1 aliphatic rings. The van der Waals surface area contributed by atoms with Crippen LogP contribution in [0.1, 0.15) is 43.9 Å². The van der Waals surface area contributed by atoms with Crippen LogP contribution in [-0.2, 0) is 15.3 Å². The predicted molar refractivity (Wildman–Crippen MR) is 134 cm³/mol. The second-order valence-electron chi connectivity index (χ2n) is 7.87. The van der Waals surface area contributed by atoms with Crippen molar-refractivity contribution in [3.8, 4) is 5.75 Å². The van der Waals surface area contributed by atoms with Crippen molar-refractivity contribution >= 4 is 35.3 Å². The third-order valence-corrected chi connectivity index (χ3v) is 6.76. The number of aromatic nitrogens is 3. The number of carbonyl (C=O) groups is 1. The van der Waals surface area contributed by atoms with Crippen LogP contribution in [0.5, 0.6) is 5.75 Å². The summed E-state index contributed by atoms with van der Waals surface area (Å²) < 4.78 is 12.8. The van der Waals surface area contributed by atoms with E-state index in [1.807, 2.05) is 55.5 Å². The molecule has 178 valence electrons. The molecule has 2 aromatic carbocycles. The van der Waals surface area contributed by atoms with Gasteiger partial charge in [0.2, 0.25) is 11.1 Å². The standard InChI is InChI=1S/C25H27ClN4O3S/c1-4-5-13-33-23(31)21-16(2)27-24-28-25(34-15-18-9-6-7-12-20(18)26)29-30(24)22(21)17-10-8-11-19(14-17)32-3/h6-12,14,22H,4-5,13,15H2,1-3H3,(H,27,28,29). The van der Waals surface area contributed by atoms with E-state index in [0.29, 0.717) is 45.5 Å². The summed E-state index contributed by atoms with van der Waals surface area (Å²) in [6, 6.07) is 14.8. The summed E-state index contributed by atoms with van der Waals surface area (Å²) in [5.74, 6) is 1.53. The zero-order valence-corrected chi connectivity index (χ0v) is 20.9. The van der Waals surface area contributed by atoms with Gasteiger partial charge in [0.05, 0.1) is 19.3 Å². The molecule has 3 aromatic rings. The Bertz CT molecular complexity index is 1210. The fourth-order valence-corrected chi connectivity index (χ4v) is 4.84. The summed E-state index contributed by atoms with van der Waals surface area (Å²) in [6.07, 6.45) is 1.76. The topological polar surface area (TPSA) is 78.3 Å². The number of fused-ring (bicyclic) bond motifs is 1. The van der Waals surface area contributed by atoms with Crippen molar-refractivity contribution in [1.29, 1.82) is 0 Å². The number of benzene rings is 2. The van der Waals surface area contributed by atoms with Gasteiger partial charge in [-0.05, 0) is 42.7 Å². The number of allylic oxidation sites excluding steroid dienone is 1. The van der Waals surface area contributed by atoms with Gasteiger partial charge in [-0.25, -0.2) is 9.48 Å². The maximum absolute atomic E-state index is 13.2. The van der Waals surface area contributed by atoms with Gasteiger partial charge in [-0.3, -0.25) is 0 Å². The first-order chi connectivity index (χ1) is 16.5. The van der Waals surface area contributed by atoms with Crippen LogP contribution in [0.2, 0.25) is 5.02 Å². The van der Waals surface area contributed by atoms with Crippen molar-refractivity contribution in [2.45, 2.75) is 43.6 Å². The first kappa shape index (κ1) is 24.2. The molecule has 0 fully saturated rings. The number of anilines is 1. The predicted octanol–water partition coefficient (Wildman–Crippen LogP) is 5.86. The smallest absolute Gasteiger partial charge is 0.338 e. The van der Waals surface area contributed by atoms with E-state index < -0.39 is 6.04 Å². The number of ether oxygens (including phenoxy) is 2. The minimum atomic E-state index is -0.498. The number of hydrogen-bond acceptors (Lipinski definition) is 7. The lowest BCUT2D eigenvalue weighted by atomic mass is 9.95. The molecule has 0 radical (unpaired) electrons. The zero-order chi connectivity index (χ0) is 24.1. The first-order valence-corrected chi connectivity index (χ1v) is 12.5. The highest BCUT2D eigenvalue weighted by Gasteiger charge is 2.35. The fourth-order valence-electron chi connectivity index (χ4n) is 3.72. The normalized spacial score (nSPS) is 15.0. The van der Waals surface area contributed by atoms with Crippen molar-refractivity contribution < 1.29 is 14.3 Å². The van der Waals surface area contributed by atoms with Crippen molar-refractivity contribution in [3.05, 3.63) is 76.0 Å². The summed E-state index contributed by atoms with van der Waals surface area (Å²) in [6.45, 7) is 4.29. The third-order valence-electron chi connectivity index (χ3n) is 5.51. The van der Waals surface area contributed by atoms with Gasteiger partial charge < -0.3 is 14.8 Å². The van der Waals surface area contributed by atoms with E-state index in [1.165, 1.54) is 11.8 Å². The molecule has 1 aliphatic heterocycles. The molecule has 2 heterocycles. The minimum Gasteiger partial charge on any atom is -0.497 e. The van der Waals surface area contributed by atoms with Gasteiger partial charge in [0.15, 0.2) is 0 Å². The quantitative estimate of drug-likeness (QED) is 0.225. The zero-order valence-electron chi connectivity index (χ0n) is 19.4. The number of rotatable bonds is 9. The molecule has 0 spiro atoms. The summed E-state index contributed by atoms with van der Waals surface area (Å²) in [7, 11) is 1.62. The molecule has 0 saturated heterocycles. The van der Waals surface area contributed by atoms with E-state index in [0.717, 1.165) is 24.0 Å². The molecule has 34 heavy (non-hydrogen) atoms. The Labute approximate surface area is 208 Å². The Balaban J connectivity index is 1.68. The number of methoxy groups -OCH3 is 1. The van der Waals surface area contributed by atoms with E-state index >= 15 is 0 Å². The molecule has 0 bridgehead atoms. The largest absolute Gasteiger partial charge is 0.497 e. The van der Waals surface area contributed by atoms with Gasteiger partial charge in [-0.1, -0.05) is 67.0 Å². The number of thioether (sulfide) groups is 1. The van der Waals surface area contributed by atoms with Crippen LogP contribution < -0.4 is 10.1 Å². The molecule has 1 N–H and O–H groups in total. The molecule has 9 heteroatoms. The van der Waals surface area contributed by atoms with E-state index in [2.05, 4.69) is 17.2 Å². The van der Waals surface area contributed by atoms with Crippen LogP contribution in [0.25, 0.3) is 0 Å². The average Bonchev–Trinajstić information content (AvgIpc) is 3.25. The highest BCUT2D eigenvalue weighted by Crippen LogP contribution is 2.38. The van der Waals surface area contributed by atoms with Gasteiger partial charge in [0.25, 0.3) is 0 Å². The number of unbranched alkanes of at least 4 members (excludes halogenated alkanes) is 1. The van der Waals surface area contributed by atoms with Gasteiger partial charge in [-0.15, -0.1) is 5.10 Å². The first-order valence-electron chi connectivity index (χ1n) is 11.1. The molecule has 4 rings (SSSR count). The van der Waals surface area contributed by atoms with E-state index in [-0.39, 0.29) is 5.97 Å². The van der Waals surface area contributed by atoms with Gasteiger partial charge in [0, 0.05) is 16.5 Å². The van der Waals surface area contributed by atoms with Gasteiger partial charge in [0.1, 0.15) is 11.8 Å². The number of esters is 1. The van der Waals surface area contributed by atoms with Crippen LogP contribution in [0.3, 0.4) is 0 Å².